The van der Waals surface area contributed by atoms with E-state index in [-0.39, 0.29) is 5.91 Å². The zero-order valence-electron chi connectivity index (χ0n) is 10.9. The van der Waals surface area contributed by atoms with Crippen molar-refractivity contribution in [3.8, 4) is 0 Å². The van der Waals surface area contributed by atoms with Crippen LogP contribution in [0.15, 0.2) is 42.6 Å². The first-order valence-corrected chi connectivity index (χ1v) is 5.96. The van der Waals surface area contributed by atoms with E-state index in [0.717, 1.165) is 0 Å². The Bertz CT molecular complexity index is 655. The smallest absolute Gasteiger partial charge is 0.252 e. The van der Waals surface area contributed by atoms with Crippen LogP contribution >= 0.6 is 0 Å². The summed E-state index contributed by atoms with van der Waals surface area (Å²) in [4.78, 5) is 26.4. The van der Waals surface area contributed by atoms with E-state index >= 15 is 0 Å². The minimum atomic E-state index is -0.557. The molecule has 0 aliphatic heterocycles. The topological polar surface area (TPSA) is 97.1 Å². The number of hydrogen-bond donors (Lipinski definition) is 3. The number of nitrogens with zero attached hydrogens (tertiary/aromatic N) is 1. The Morgan fingerprint density at radius 2 is 1.90 bits per heavy atom. The number of nitrogens with one attached hydrogen (secondary N) is 2. The molecule has 1 aromatic heterocycles. The van der Waals surface area contributed by atoms with Gasteiger partial charge >= 0.3 is 0 Å². The summed E-state index contributed by atoms with van der Waals surface area (Å²) in [6.07, 6.45) is 1.56. The molecule has 2 aromatic rings. The Balaban J connectivity index is 2.26. The van der Waals surface area contributed by atoms with Crippen LogP contribution in [0.1, 0.15) is 17.3 Å². The van der Waals surface area contributed by atoms with Crippen molar-refractivity contribution in [2.45, 2.75) is 6.92 Å². The number of primary amides is 1. The number of pyridine rings is 1. The normalized spacial score (nSPS) is 9.85. The third-order valence-corrected chi connectivity index (χ3v) is 2.52. The molecule has 0 aliphatic carbocycles. The highest BCUT2D eigenvalue weighted by Crippen LogP contribution is 2.21. The van der Waals surface area contributed by atoms with E-state index in [0.29, 0.717) is 22.8 Å². The highest BCUT2D eigenvalue weighted by Gasteiger charge is 2.09. The fraction of sp³-hybridized carbons (Fsp3) is 0.0714. The van der Waals surface area contributed by atoms with E-state index in [1.807, 2.05) is 0 Å². The van der Waals surface area contributed by atoms with Gasteiger partial charge in [-0.15, -0.1) is 0 Å². The number of benzene rings is 1. The second-order valence-electron chi connectivity index (χ2n) is 4.15. The van der Waals surface area contributed by atoms with Gasteiger partial charge in [0, 0.05) is 24.5 Å². The third-order valence-electron chi connectivity index (χ3n) is 2.52. The lowest BCUT2D eigenvalue weighted by molar-refractivity contribution is -0.114. The molecule has 0 saturated carbocycles. The van der Waals surface area contributed by atoms with Gasteiger partial charge in [0.1, 0.15) is 5.82 Å². The molecule has 1 aromatic carbocycles. The van der Waals surface area contributed by atoms with E-state index in [1.165, 1.54) is 6.92 Å². The van der Waals surface area contributed by atoms with Crippen molar-refractivity contribution in [3.05, 3.63) is 48.2 Å². The van der Waals surface area contributed by atoms with Crippen LogP contribution in [0.3, 0.4) is 0 Å². The van der Waals surface area contributed by atoms with Crippen LogP contribution in [-0.2, 0) is 4.79 Å². The maximum atomic E-state index is 11.3. The lowest BCUT2D eigenvalue weighted by Gasteiger charge is -2.10. The molecule has 0 radical (unpaired) electrons. The molecule has 4 N–H and O–H groups in total. The van der Waals surface area contributed by atoms with Crippen molar-refractivity contribution in [2.24, 2.45) is 5.73 Å². The van der Waals surface area contributed by atoms with Gasteiger partial charge in [-0.25, -0.2) is 4.98 Å². The number of carbonyl (C=O) groups excluding carboxylic acids is 2. The van der Waals surface area contributed by atoms with Crippen LogP contribution < -0.4 is 16.4 Å². The van der Waals surface area contributed by atoms with Crippen LogP contribution in [0, 0.1) is 0 Å². The predicted octanol–water partition coefficient (Wildman–Crippen LogP) is 1.88. The molecule has 6 heteroatoms. The van der Waals surface area contributed by atoms with E-state index < -0.39 is 5.91 Å². The summed E-state index contributed by atoms with van der Waals surface area (Å²) in [5.74, 6) is -0.337. The second kappa shape index (κ2) is 5.83. The lowest BCUT2D eigenvalue weighted by atomic mass is 10.2. The number of anilines is 3. The molecule has 20 heavy (non-hydrogen) atoms. The lowest BCUT2D eigenvalue weighted by Crippen LogP contribution is -2.14. The summed E-state index contributed by atoms with van der Waals surface area (Å²) >= 11 is 0. The van der Waals surface area contributed by atoms with Gasteiger partial charge < -0.3 is 16.4 Å². The van der Waals surface area contributed by atoms with Crippen molar-refractivity contribution in [2.75, 3.05) is 10.6 Å². The second-order valence-corrected chi connectivity index (χ2v) is 4.15. The number of carbonyl (C=O) groups is 2. The summed E-state index contributed by atoms with van der Waals surface area (Å²) in [7, 11) is 0. The van der Waals surface area contributed by atoms with Gasteiger partial charge in [0.25, 0.3) is 5.91 Å². The predicted molar refractivity (Wildman–Crippen MR) is 76.8 cm³/mol. The van der Waals surface area contributed by atoms with Crippen LogP contribution in [0.5, 0.6) is 0 Å². The van der Waals surface area contributed by atoms with Crippen LogP contribution in [0.2, 0.25) is 0 Å². The number of aromatic nitrogens is 1. The average Bonchev–Trinajstić information content (AvgIpc) is 2.38. The standard InChI is InChI=1S/C14H14N4O2/c1-9(19)17-10-4-2-5-11(8-10)18-14-12(13(15)20)6-3-7-16-14/h2-8H,1H3,(H2,15,20)(H,16,18)(H,17,19). The fourth-order valence-electron chi connectivity index (χ4n) is 1.72. The molecule has 0 aliphatic rings. The molecule has 6 nitrogen and oxygen atoms in total. The molecule has 0 spiro atoms. The molecule has 0 atom stereocenters. The molecule has 0 bridgehead atoms. The first kappa shape index (κ1) is 13.5. The molecular formula is C14H14N4O2. The third kappa shape index (κ3) is 3.32. The van der Waals surface area contributed by atoms with Gasteiger partial charge in [-0.2, -0.15) is 0 Å². The maximum absolute atomic E-state index is 11.3. The Labute approximate surface area is 116 Å². The Hall–Kier alpha value is -2.89. The minimum Gasteiger partial charge on any atom is -0.365 e. The number of rotatable bonds is 4. The summed E-state index contributed by atoms with van der Waals surface area (Å²) in [6, 6.07) is 10.3. The minimum absolute atomic E-state index is 0.155. The zero-order valence-corrected chi connectivity index (χ0v) is 10.9. The SMILES string of the molecule is CC(=O)Nc1cccc(Nc2ncccc2C(N)=O)c1. The molecular weight excluding hydrogens is 256 g/mol. The summed E-state index contributed by atoms with van der Waals surface area (Å²) in [6.45, 7) is 1.43. The monoisotopic (exact) mass is 270 g/mol. The molecule has 2 amide bonds. The van der Waals surface area contributed by atoms with Crippen molar-refractivity contribution < 1.29 is 9.59 Å². The first-order valence-electron chi connectivity index (χ1n) is 5.96. The van der Waals surface area contributed by atoms with Gasteiger partial charge in [0.15, 0.2) is 0 Å². The molecule has 0 unspecified atom stereocenters. The number of nitrogens with two attached hydrogens (primary N) is 1. The number of amides is 2. The van der Waals surface area contributed by atoms with Crippen LogP contribution in [0.25, 0.3) is 0 Å². The number of hydrogen-bond acceptors (Lipinski definition) is 4. The van der Waals surface area contributed by atoms with E-state index in [4.69, 9.17) is 5.73 Å². The van der Waals surface area contributed by atoms with Gasteiger partial charge in [0.05, 0.1) is 5.56 Å². The fourth-order valence-corrected chi connectivity index (χ4v) is 1.72. The Morgan fingerprint density at radius 1 is 1.15 bits per heavy atom. The van der Waals surface area contributed by atoms with Gasteiger partial charge in [-0.3, -0.25) is 9.59 Å². The summed E-state index contributed by atoms with van der Waals surface area (Å²) < 4.78 is 0. The van der Waals surface area contributed by atoms with Gasteiger partial charge in [-0.1, -0.05) is 6.07 Å². The van der Waals surface area contributed by atoms with Crippen molar-refractivity contribution in [3.63, 3.8) is 0 Å². The first-order chi connectivity index (χ1) is 9.56. The highest BCUT2D eigenvalue weighted by molar-refractivity contribution is 5.98. The maximum Gasteiger partial charge on any atom is 0.252 e. The Morgan fingerprint density at radius 3 is 2.60 bits per heavy atom. The van der Waals surface area contributed by atoms with Crippen LogP contribution in [-0.4, -0.2) is 16.8 Å². The summed E-state index contributed by atoms with van der Waals surface area (Å²) in [5, 5.41) is 5.68. The van der Waals surface area contributed by atoms with Crippen molar-refractivity contribution >= 4 is 29.0 Å². The Kier molecular flexibility index (Phi) is 3.95. The highest BCUT2D eigenvalue weighted by atomic mass is 16.1. The molecule has 102 valence electrons. The van der Waals surface area contributed by atoms with Gasteiger partial charge in [0.2, 0.25) is 5.91 Å². The van der Waals surface area contributed by atoms with Crippen molar-refractivity contribution in [1.82, 2.24) is 4.98 Å². The van der Waals surface area contributed by atoms with Gasteiger partial charge in [-0.05, 0) is 30.3 Å². The largest absolute Gasteiger partial charge is 0.365 e. The zero-order chi connectivity index (χ0) is 14.5. The van der Waals surface area contributed by atoms with E-state index in [2.05, 4.69) is 15.6 Å². The quantitative estimate of drug-likeness (QED) is 0.790. The molecule has 0 fully saturated rings. The van der Waals surface area contributed by atoms with Crippen LogP contribution in [0.4, 0.5) is 17.2 Å². The molecule has 0 saturated heterocycles. The van der Waals surface area contributed by atoms with E-state index in [9.17, 15) is 9.59 Å². The van der Waals surface area contributed by atoms with Crippen molar-refractivity contribution in [1.29, 1.82) is 0 Å². The average molecular weight is 270 g/mol. The van der Waals surface area contributed by atoms with E-state index in [1.54, 1.807) is 42.6 Å². The molecule has 2 rings (SSSR count). The summed E-state index contributed by atoms with van der Waals surface area (Å²) in [5.41, 5.74) is 6.94. The molecule has 1 heterocycles.